The Morgan fingerprint density at radius 3 is 2.14 bits per heavy atom. The van der Waals surface area contributed by atoms with Crippen molar-refractivity contribution in [2.45, 2.75) is 0 Å². The zero-order chi connectivity index (χ0) is 14.8. The van der Waals surface area contributed by atoms with Crippen LogP contribution in [0.15, 0.2) is 53.6 Å². The first-order chi connectivity index (χ1) is 10.2. The van der Waals surface area contributed by atoms with Gasteiger partial charge in [-0.05, 0) is 24.3 Å². The molecule has 0 N–H and O–H groups in total. The van der Waals surface area contributed by atoms with Crippen LogP contribution in [0.5, 0.6) is 5.75 Å². The highest BCUT2D eigenvalue weighted by molar-refractivity contribution is 6.21. The van der Waals surface area contributed by atoms with Crippen molar-refractivity contribution in [2.24, 2.45) is 5.10 Å². The molecule has 0 fully saturated rings. The highest BCUT2D eigenvalue weighted by atomic mass is 16.5. The number of carbonyl (C=O) groups excluding carboxylic acids is 2. The van der Waals surface area contributed by atoms with Gasteiger partial charge in [-0.3, -0.25) is 9.59 Å². The molecule has 0 aromatic heterocycles. The average molecular weight is 280 g/mol. The normalized spacial score (nSPS) is 13.9. The van der Waals surface area contributed by atoms with E-state index in [-0.39, 0.29) is 0 Å². The van der Waals surface area contributed by atoms with Gasteiger partial charge in [-0.1, -0.05) is 24.3 Å². The average Bonchev–Trinajstić information content (AvgIpc) is 2.78. The van der Waals surface area contributed by atoms with Gasteiger partial charge < -0.3 is 4.74 Å². The van der Waals surface area contributed by atoms with Crippen LogP contribution in [0.3, 0.4) is 0 Å². The lowest BCUT2D eigenvalue weighted by molar-refractivity contribution is 0.0660. The molecule has 2 amide bonds. The zero-order valence-electron chi connectivity index (χ0n) is 11.3. The molecule has 5 heteroatoms. The van der Waals surface area contributed by atoms with E-state index in [0.717, 1.165) is 5.01 Å². The van der Waals surface area contributed by atoms with Gasteiger partial charge in [0, 0.05) is 5.56 Å². The van der Waals surface area contributed by atoms with Crippen molar-refractivity contribution < 1.29 is 14.3 Å². The molecular formula is C16H12N2O3. The standard InChI is InChI=1S/C16H12N2O3/c1-21-14-9-5-2-6-11(14)10-17-18-15(19)12-7-3-4-8-13(12)16(18)20/h2-10H,1H3/b17-10+. The van der Waals surface area contributed by atoms with E-state index in [9.17, 15) is 9.59 Å². The minimum atomic E-state index is -0.415. The fourth-order valence-corrected chi connectivity index (χ4v) is 2.17. The van der Waals surface area contributed by atoms with E-state index in [2.05, 4.69) is 5.10 Å². The summed E-state index contributed by atoms with van der Waals surface area (Å²) in [5, 5.41) is 4.88. The number of benzene rings is 2. The molecule has 1 heterocycles. The van der Waals surface area contributed by atoms with Crippen LogP contribution < -0.4 is 4.74 Å². The fourth-order valence-electron chi connectivity index (χ4n) is 2.17. The van der Waals surface area contributed by atoms with Gasteiger partial charge in [0.25, 0.3) is 11.8 Å². The second-order valence-electron chi connectivity index (χ2n) is 4.45. The fraction of sp³-hybridized carbons (Fsp3) is 0.0625. The van der Waals surface area contributed by atoms with E-state index < -0.39 is 11.8 Å². The Morgan fingerprint density at radius 1 is 0.952 bits per heavy atom. The lowest BCUT2D eigenvalue weighted by Gasteiger charge is -2.07. The van der Waals surface area contributed by atoms with Crippen molar-refractivity contribution in [3.63, 3.8) is 0 Å². The third-order valence-electron chi connectivity index (χ3n) is 3.22. The number of ether oxygens (including phenoxy) is 1. The lowest BCUT2D eigenvalue weighted by Crippen LogP contribution is -2.24. The number of hydrogen-bond donors (Lipinski definition) is 0. The molecule has 0 aliphatic carbocycles. The van der Waals surface area contributed by atoms with Gasteiger partial charge in [-0.2, -0.15) is 10.1 Å². The summed E-state index contributed by atoms with van der Waals surface area (Å²) in [6, 6.07) is 13.9. The van der Waals surface area contributed by atoms with Gasteiger partial charge in [0.2, 0.25) is 0 Å². The molecule has 1 aliphatic rings. The number of hydrazone groups is 1. The maximum absolute atomic E-state index is 12.1. The van der Waals surface area contributed by atoms with Crippen LogP contribution >= 0.6 is 0 Å². The molecule has 0 saturated carbocycles. The molecule has 0 unspecified atom stereocenters. The van der Waals surface area contributed by atoms with E-state index in [0.29, 0.717) is 22.4 Å². The largest absolute Gasteiger partial charge is 0.496 e. The van der Waals surface area contributed by atoms with Crippen LogP contribution in [-0.2, 0) is 0 Å². The van der Waals surface area contributed by atoms with Gasteiger partial charge in [-0.15, -0.1) is 0 Å². The number of carbonyl (C=O) groups is 2. The first-order valence-electron chi connectivity index (χ1n) is 6.37. The maximum atomic E-state index is 12.1. The van der Waals surface area contributed by atoms with E-state index in [1.165, 1.54) is 6.21 Å². The topological polar surface area (TPSA) is 59.0 Å². The van der Waals surface area contributed by atoms with Gasteiger partial charge >= 0.3 is 0 Å². The number of rotatable bonds is 3. The van der Waals surface area contributed by atoms with Crippen LogP contribution in [0.4, 0.5) is 0 Å². The lowest BCUT2D eigenvalue weighted by atomic mass is 10.1. The van der Waals surface area contributed by atoms with E-state index >= 15 is 0 Å². The molecule has 0 atom stereocenters. The molecule has 0 saturated heterocycles. The number of fused-ring (bicyclic) bond motifs is 1. The van der Waals surface area contributed by atoms with Crippen molar-refractivity contribution in [1.29, 1.82) is 0 Å². The van der Waals surface area contributed by atoms with Crippen LogP contribution in [0.2, 0.25) is 0 Å². The summed E-state index contributed by atoms with van der Waals surface area (Å²) < 4.78 is 5.20. The summed E-state index contributed by atoms with van der Waals surface area (Å²) in [5.41, 5.74) is 1.44. The summed E-state index contributed by atoms with van der Waals surface area (Å²) in [4.78, 5) is 24.3. The van der Waals surface area contributed by atoms with Crippen LogP contribution in [0, 0.1) is 0 Å². The van der Waals surface area contributed by atoms with Crippen LogP contribution in [-0.4, -0.2) is 30.1 Å². The Morgan fingerprint density at radius 2 is 1.52 bits per heavy atom. The maximum Gasteiger partial charge on any atom is 0.282 e. The summed E-state index contributed by atoms with van der Waals surface area (Å²) in [6.07, 6.45) is 1.44. The monoisotopic (exact) mass is 280 g/mol. The van der Waals surface area contributed by atoms with Crippen molar-refractivity contribution in [3.8, 4) is 5.75 Å². The second-order valence-corrected chi connectivity index (χ2v) is 4.45. The molecule has 2 aromatic rings. The Balaban J connectivity index is 1.92. The minimum Gasteiger partial charge on any atom is -0.496 e. The number of nitrogens with zero attached hydrogens (tertiary/aromatic N) is 2. The Bertz CT molecular complexity index is 718. The third-order valence-corrected chi connectivity index (χ3v) is 3.22. The quantitative estimate of drug-likeness (QED) is 0.640. The summed E-state index contributed by atoms with van der Waals surface area (Å²) >= 11 is 0. The molecule has 5 nitrogen and oxygen atoms in total. The summed E-state index contributed by atoms with van der Waals surface area (Å²) in [5.74, 6) is -0.207. The molecule has 1 aliphatic heterocycles. The Kier molecular flexibility index (Phi) is 3.23. The van der Waals surface area contributed by atoms with E-state index in [1.54, 1.807) is 43.5 Å². The summed E-state index contributed by atoms with van der Waals surface area (Å²) in [6.45, 7) is 0. The number of imide groups is 1. The van der Waals surface area contributed by atoms with Gasteiger partial charge in [-0.25, -0.2) is 0 Å². The molecule has 3 rings (SSSR count). The first-order valence-corrected chi connectivity index (χ1v) is 6.37. The predicted octanol–water partition coefficient (Wildman–Crippen LogP) is 2.33. The van der Waals surface area contributed by atoms with Crippen molar-refractivity contribution >= 4 is 18.0 Å². The smallest absolute Gasteiger partial charge is 0.282 e. The van der Waals surface area contributed by atoms with Crippen molar-refractivity contribution in [2.75, 3.05) is 7.11 Å². The number of para-hydroxylation sites is 1. The molecular weight excluding hydrogens is 268 g/mol. The van der Waals surface area contributed by atoms with Crippen LogP contribution in [0.1, 0.15) is 26.3 Å². The predicted molar refractivity (Wildman–Crippen MR) is 77.5 cm³/mol. The van der Waals surface area contributed by atoms with Crippen LogP contribution in [0.25, 0.3) is 0 Å². The Labute approximate surface area is 121 Å². The molecule has 0 radical (unpaired) electrons. The van der Waals surface area contributed by atoms with Crippen molar-refractivity contribution in [1.82, 2.24) is 5.01 Å². The van der Waals surface area contributed by atoms with Gasteiger partial charge in [0.05, 0.1) is 24.5 Å². The Hall–Kier alpha value is -2.95. The zero-order valence-corrected chi connectivity index (χ0v) is 11.3. The highest BCUT2D eigenvalue weighted by Crippen LogP contribution is 2.23. The second kappa shape index (κ2) is 5.20. The molecule has 21 heavy (non-hydrogen) atoms. The summed E-state index contributed by atoms with van der Waals surface area (Å²) in [7, 11) is 1.55. The first kappa shape index (κ1) is 13.1. The van der Waals surface area contributed by atoms with Gasteiger partial charge in [0.15, 0.2) is 0 Å². The molecule has 104 valence electrons. The number of amides is 2. The number of methoxy groups -OCH3 is 1. The highest BCUT2D eigenvalue weighted by Gasteiger charge is 2.35. The third kappa shape index (κ3) is 2.18. The molecule has 0 spiro atoms. The van der Waals surface area contributed by atoms with E-state index in [1.807, 2.05) is 12.1 Å². The molecule has 0 bridgehead atoms. The van der Waals surface area contributed by atoms with E-state index in [4.69, 9.17) is 4.74 Å². The van der Waals surface area contributed by atoms with Crippen molar-refractivity contribution in [3.05, 3.63) is 65.2 Å². The number of hydrogen-bond acceptors (Lipinski definition) is 4. The SMILES string of the molecule is COc1ccccc1/C=N/N1C(=O)c2ccccc2C1=O. The minimum absolute atomic E-state index is 0.375. The molecule has 2 aromatic carbocycles. The van der Waals surface area contributed by atoms with Gasteiger partial charge in [0.1, 0.15) is 5.75 Å².